The van der Waals surface area contributed by atoms with Gasteiger partial charge in [-0.1, -0.05) is 11.6 Å². The van der Waals surface area contributed by atoms with Gasteiger partial charge in [0.2, 0.25) is 0 Å². The molecule has 1 fully saturated rings. The highest BCUT2D eigenvalue weighted by atomic mass is 16.6. The number of fused-ring (bicyclic) bond motifs is 1. The van der Waals surface area contributed by atoms with E-state index in [1.807, 2.05) is 13.0 Å². The quantitative estimate of drug-likeness (QED) is 0.909. The minimum absolute atomic E-state index is 0.211. The third-order valence-electron chi connectivity index (χ3n) is 4.44. The summed E-state index contributed by atoms with van der Waals surface area (Å²) in [6.07, 6.45) is 0.768. The number of carbonyl (C=O) groups excluding carboxylic acids is 1. The molecular weight excluding hydrogens is 310 g/mol. The number of aryl methyl sites for hydroxylation is 1. The van der Waals surface area contributed by atoms with Gasteiger partial charge in [0.15, 0.2) is 0 Å². The number of piperidine rings is 1. The van der Waals surface area contributed by atoms with Crippen molar-refractivity contribution < 1.29 is 9.53 Å². The molecule has 1 aromatic carbocycles. The summed E-state index contributed by atoms with van der Waals surface area (Å²) in [6.45, 7) is 4.96. The SMILES string of the molecule is CCOC(=O)N1CCC(n2c(=O)[nH]c3ccc(C)cc3c2=O)CC1. The van der Waals surface area contributed by atoms with E-state index >= 15 is 0 Å². The second-order valence-corrected chi connectivity index (χ2v) is 6.07. The predicted octanol–water partition coefficient (Wildman–Crippen LogP) is 1.79. The Morgan fingerprint density at radius 3 is 2.67 bits per heavy atom. The Bertz CT molecular complexity index is 876. The highest BCUT2D eigenvalue weighted by molar-refractivity contribution is 5.78. The van der Waals surface area contributed by atoms with Crippen molar-refractivity contribution in [2.75, 3.05) is 19.7 Å². The fourth-order valence-corrected chi connectivity index (χ4v) is 3.19. The number of carbonyl (C=O) groups is 1. The van der Waals surface area contributed by atoms with Crippen molar-refractivity contribution in [3.05, 3.63) is 44.6 Å². The van der Waals surface area contributed by atoms with Gasteiger partial charge in [-0.25, -0.2) is 9.59 Å². The van der Waals surface area contributed by atoms with Crippen LogP contribution >= 0.6 is 0 Å². The van der Waals surface area contributed by atoms with E-state index in [0.29, 0.717) is 43.4 Å². The third kappa shape index (κ3) is 2.93. The molecule has 7 nitrogen and oxygen atoms in total. The average molecular weight is 331 g/mol. The summed E-state index contributed by atoms with van der Waals surface area (Å²) < 4.78 is 6.29. The molecule has 1 amide bonds. The molecule has 7 heteroatoms. The van der Waals surface area contributed by atoms with Crippen LogP contribution in [0.15, 0.2) is 27.8 Å². The molecule has 3 rings (SSSR count). The molecule has 0 aliphatic carbocycles. The number of benzene rings is 1. The van der Waals surface area contributed by atoms with Crippen LogP contribution < -0.4 is 11.2 Å². The van der Waals surface area contributed by atoms with Crippen molar-refractivity contribution in [2.24, 2.45) is 0 Å². The summed E-state index contributed by atoms with van der Waals surface area (Å²) in [7, 11) is 0. The van der Waals surface area contributed by atoms with Gasteiger partial charge in [-0.05, 0) is 38.8 Å². The Kier molecular flexibility index (Phi) is 4.42. The van der Waals surface area contributed by atoms with E-state index in [1.165, 1.54) is 4.57 Å². The van der Waals surface area contributed by atoms with Crippen LogP contribution in [-0.2, 0) is 4.74 Å². The first-order valence-electron chi connectivity index (χ1n) is 8.18. The van der Waals surface area contributed by atoms with Crippen LogP contribution in [0.5, 0.6) is 0 Å². The normalized spacial score (nSPS) is 15.7. The number of ether oxygens (including phenoxy) is 1. The van der Waals surface area contributed by atoms with Crippen LogP contribution in [0.4, 0.5) is 4.79 Å². The number of aromatic nitrogens is 2. The molecule has 128 valence electrons. The maximum Gasteiger partial charge on any atom is 0.409 e. The minimum Gasteiger partial charge on any atom is -0.450 e. The topological polar surface area (TPSA) is 84.4 Å². The lowest BCUT2D eigenvalue weighted by Crippen LogP contribution is -2.45. The molecule has 2 heterocycles. The van der Waals surface area contributed by atoms with E-state index in [9.17, 15) is 14.4 Å². The lowest BCUT2D eigenvalue weighted by atomic mass is 10.0. The zero-order valence-electron chi connectivity index (χ0n) is 13.9. The molecular formula is C17H21N3O4. The second-order valence-electron chi connectivity index (χ2n) is 6.07. The smallest absolute Gasteiger partial charge is 0.409 e. The number of rotatable bonds is 2. The monoisotopic (exact) mass is 331 g/mol. The molecule has 1 aromatic heterocycles. The van der Waals surface area contributed by atoms with Crippen LogP contribution in [0.25, 0.3) is 10.9 Å². The number of aromatic amines is 1. The first kappa shape index (κ1) is 16.3. The number of H-pyrrole nitrogens is 1. The van der Waals surface area contributed by atoms with E-state index < -0.39 is 5.69 Å². The lowest BCUT2D eigenvalue weighted by molar-refractivity contribution is 0.0920. The van der Waals surface area contributed by atoms with Gasteiger partial charge in [0.1, 0.15) is 0 Å². The minimum atomic E-state index is -0.397. The van der Waals surface area contributed by atoms with Gasteiger partial charge < -0.3 is 14.6 Å². The Labute approximate surface area is 138 Å². The Morgan fingerprint density at radius 2 is 2.00 bits per heavy atom. The van der Waals surface area contributed by atoms with Crippen molar-refractivity contribution in [3.8, 4) is 0 Å². The molecule has 0 spiro atoms. The van der Waals surface area contributed by atoms with Crippen LogP contribution in [0.1, 0.15) is 31.4 Å². The molecule has 0 unspecified atom stereocenters. The molecule has 1 saturated heterocycles. The van der Waals surface area contributed by atoms with E-state index in [1.54, 1.807) is 24.0 Å². The zero-order chi connectivity index (χ0) is 17.3. The maximum absolute atomic E-state index is 12.8. The summed E-state index contributed by atoms with van der Waals surface area (Å²) in [5.41, 5.74) is 0.851. The predicted molar refractivity (Wildman–Crippen MR) is 90.4 cm³/mol. The third-order valence-corrected chi connectivity index (χ3v) is 4.44. The fourth-order valence-electron chi connectivity index (χ4n) is 3.19. The largest absolute Gasteiger partial charge is 0.450 e. The number of likely N-dealkylation sites (tertiary alicyclic amines) is 1. The van der Waals surface area contributed by atoms with Crippen LogP contribution in [0.2, 0.25) is 0 Å². The van der Waals surface area contributed by atoms with Gasteiger partial charge in [0.05, 0.1) is 17.5 Å². The summed E-state index contributed by atoms with van der Waals surface area (Å²) in [6, 6.07) is 5.19. The van der Waals surface area contributed by atoms with Crippen molar-refractivity contribution >= 4 is 17.0 Å². The molecule has 0 atom stereocenters. The van der Waals surface area contributed by atoms with E-state index in [0.717, 1.165) is 5.56 Å². The molecule has 2 aromatic rings. The van der Waals surface area contributed by atoms with Gasteiger partial charge >= 0.3 is 11.8 Å². The van der Waals surface area contributed by atoms with Crippen molar-refractivity contribution in [2.45, 2.75) is 32.7 Å². The maximum atomic E-state index is 12.8. The molecule has 1 aliphatic rings. The summed E-state index contributed by atoms with van der Waals surface area (Å²) in [4.78, 5) is 41.3. The number of nitrogens with zero attached hydrogens (tertiary/aromatic N) is 2. The van der Waals surface area contributed by atoms with Crippen molar-refractivity contribution in [1.82, 2.24) is 14.5 Å². The summed E-state index contributed by atoms with van der Waals surface area (Å²) >= 11 is 0. The van der Waals surface area contributed by atoms with Crippen molar-refractivity contribution in [3.63, 3.8) is 0 Å². The number of amides is 1. The fraction of sp³-hybridized carbons (Fsp3) is 0.471. The number of hydrogen-bond donors (Lipinski definition) is 1. The molecule has 24 heavy (non-hydrogen) atoms. The Hall–Kier alpha value is -2.57. The molecule has 0 saturated carbocycles. The molecule has 0 radical (unpaired) electrons. The van der Waals surface area contributed by atoms with Gasteiger partial charge in [-0.3, -0.25) is 9.36 Å². The highest BCUT2D eigenvalue weighted by Crippen LogP contribution is 2.21. The van der Waals surface area contributed by atoms with Gasteiger partial charge in [0.25, 0.3) is 5.56 Å². The van der Waals surface area contributed by atoms with Gasteiger partial charge in [-0.2, -0.15) is 0 Å². The zero-order valence-corrected chi connectivity index (χ0v) is 13.9. The lowest BCUT2D eigenvalue weighted by Gasteiger charge is -2.31. The Morgan fingerprint density at radius 1 is 1.29 bits per heavy atom. The van der Waals surface area contributed by atoms with E-state index in [-0.39, 0.29) is 17.7 Å². The molecule has 1 aliphatic heterocycles. The summed E-state index contributed by atoms with van der Waals surface area (Å²) in [5.74, 6) is 0. The molecule has 1 N–H and O–H groups in total. The first-order chi connectivity index (χ1) is 11.5. The van der Waals surface area contributed by atoms with Crippen molar-refractivity contribution in [1.29, 1.82) is 0 Å². The van der Waals surface area contributed by atoms with Crippen LogP contribution in [-0.4, -0.2) is 40.2 Å². The second kappa shape index (κ2) is 6.51. The van der Waals surface area contributed by atoms with Gasteiger partial charge in [-0.15, -0.1) is 0 Å². The van der Waals surface area contributed by atoms with Gasteiger partial charge in [0, 0.05) is 19.1 Å². The standard InChI is InChI=1S/C17H21N3O4/c1-3-24-17(23)19-8-6-12(7-9-19)20-15(21)13-10-11(2)4-5-14(13)18-16(20)22/h4-5,10,12H,3,6-9H2,1-2H3,(H,18,22). The van der Waals surface area contributed by atoms with E-state index in [4.69, 9.17) is 4.74 Å². The first-order valence-corrected chi connectivity index (χ1v) is 8.18. The van der Waals surface area contributed by atoms with Crippen LogP contribution in [0.3, 0.4) is 0 Å². The van der Waals surface area contributed by atoms with Crippen LogP contribution in [0, 0.1) is 6.92 Å². The Balaban J connectivity index is 1.90. The summed E-state index contributed by atoms with van der Waals surface area (Å²) in [5, 5.41) is 0.516. The van der Waals surface area contributed by atoms with E-state index in [2.05, 4.69) is 4.98 Å². The molecule has 0 bridgehead atoms. The number of hydrogen-bond acceptors (Lipinski definition) is 4. The average Bonchev–Trinajstić information content (AvgIpc) is 2.56. The number of nitrogens with one attached hydrogen (secondary N) is 1. The highest BCUT2D eigenvalue weighted by Gasteiger charge is 2.26.